The van der Waals surface area contributed by atoms with Crippen molar-refractivity contribution in [2.45, 2.75) is 57.7 Å². The predicted octanol–water partition coefficient (Wildman–Crippen LogP) is 2.72. The van der Waals surface area contributed by atoms with E-state index in [1.54, 1.807) is 0 Å². The maximum absolute atomic E-state index is 12.5. The van der Waals surface area contributed by atoms with Crippen LogP contribution >= 0.6 is 0 Å². The highest BCUT2D eigenvalue weighted by Gasteiger charge is 2.41. The average Bonchev–Trinajstić information content (AvgIpc) is 2.27. The quantitative estimate of drug-likeness (QED) is 0.838. The zero-order valence-electron chi connectivity index (χ0n) is 11.6. The molecule has 4 nitrogen and oxygen atoms in total. The van der Waals surface area contributed by atoms with E-state index in [-0.39, 0.29) is 25.2 Å². The summed E-state index contributed by atoms with van der Waals surface area (Å²) in [6, 6.07) is 0. The highest BCUT2D eigenvalue weighted by molar-refractivity contribution is 5.86. The molecule has 0 bridgehead atoms. The number of alkyl halides is 3. The first-order valence-corrected chi connectivity index (χ1v) is 6.63. The van der Waals surface area contributed by atoms with E-state index in [1.165, 1.54) is 13.8 Å². The molecule has 0 spiro atoms. The predicted molar refractivity (Wildman–Crippen MR) is 66.0 cm³/mol. The molecule has 20 heavy (non-hydrogen) atoms. The topological polar surface area (TPSA) is 66.4 Å². The van der Waals surface area contributed by atoms with Crippen LogP contribution in [0.2, 0.25) is 0 Å². The molecule has 1 rings (SSSR count). The Bertz CT molecular complexity index is 372. The Morgan fingerprint density at radius 3 is 2.05 bits per heavy atom. The number of carbonyl (C=O) groups excluding carboxylic acids is 1. The van der Waals surface area contributed by atoms with E-state index in [9.17, 15) is 22.8 Å². The molecule has 2 N–H and O–H groups in total. The van der Waals surface area contributed by atoms with Crippen molar-refractivity contribution in [3.8, 4) is 0 Å². The van der Waals surface area contributed by atoms with Crippen LogP contribution in [0.5, 0.6) is 0 Å². The molecular formula is C13H20F3NO3. The van der Waals surface area contributed by atoms with Gasteiger partial charge in [0.05, 0.1) is 5.92 Å². The van der Waals surface area contributed by atoms with Gasteiger partial charge in [0, 0.05) is 6.42 Å². The summed E-state index contributed by atoms with van der Waals surface area (Å²) < 4.78 is 37.5. The van der Waals surface area contributed by atoms with Crippen LogP contribution in [-0.4, -0.2) is 28.7 Å². The summed E-state index contributed by atoms with van der Waals surface area (Å²) >= 11 is 0. The number of hydrogen-bond donors (Lipinski definition) is 2. The molecule has 0 unspecified atom stereocenters. The van der Waals surface area contributed by atoms with Crippen molar-refractivity contribution in [2.24, 2.45) is 11.8 Å². The van der Waals surface area contributed by atoms with Crippen LogP contribution in [0.3, 0.4) is 0 Å². The minimum Gasteiger partial charge on any atom is -0.480 e. The van der Waals surface area contributed by atoms with Crippen molar-refractivity contribution in [3.05, 3.63) is 0 Å². The van der Waals surface area contributed by atoms with Crippen LogP contribution < -0.4 is 5.32 Å². The number of carboxylic acids is 1. The molecule has 0 atom stereocenters. The molecule has 116 valence electrons. The van der Waals surface area contributed by atoms with Gasteiger partial charge in [0.1, 0.15) is 5.54 Å². The summed E-state index contributed by atoms with van der Waals surface area (Å²) in [7, 11) is 0. The first-order chi connectivity index (χ1) is 9.02. The van der Waals surface area contributed by atoms with Gasteiger partial charge < -0.3 is 10.4 Å². The standard InChI is InChI=1S/C13H20F3NO3/c1-12(2,11(19)20)17-10(18)7-8-3-5-9(6-4-8)13(14,15)16/h8-9H,3-7H2,1-2H3,(H,17,18)(H,19,20). The van der Waals surface area contributed by atoms with Crippen LogP contribution in [-0.2, 0) is 9.59 Å². The van der Waals surface area contributed by atoms with Crippen molar-refractivity contribution in [1.29, 1.82) is 0 Å². The highest BCUT2D eigenvalue weighted by atomic mass is 19.4. The fourth-order valence-electron chi connectivity index (χ4n) is 2.41. The zero-order valence-corrected chi connectivity index (χ0v) is 11.6. The third-order valence-corrected chi connectivity index (χ3v) is 3.77. The third-order valence-electron chi connectivity index (χ3n) is 3.77. The van der Waals surface area contributed by atoms with E-state index in [0.717, 1.165) is 0 Å². The molecule has 0 aromatic rings. The minimum absolute atomic E-state index is 0.0454. The number of halogens is 3. The summed E-state index contributed by atoms with van der Waals surface area (Å²) in [6.07, 6.45) is -3.27. The maximum atomic E-state index is 12.5. The van der Waals surface area contributed by atoms with Gasteiger partial charge in [-0.25, -0.2) is 4.79 Å². The number of hydrogen-bond acceptors (Lipinski definition) is 2. The largest absolute Gasteiger partial charge is 0.480 e. The summed E-state index contributed by atoms with van der Waals surface area (Å²) in [5, 5.41) is 11.3. The van der Waals surface area contributed by atoms with Gasteiger partial charge in [0.15, 0.2) is 0 Å². The molecular weight excluding hydrogens is 275 g/mol. The zero-order chi connectivity index (χ0) is 15.6. The summed E-state index contributed by atoms with van der Waals surface area (Å²) in [6.45, 7) is 2.74. The molecule has 1 fully saturated rings. The van der Waals surface area contributed by atoms with E-state index >= 15 is 0 Å². The summed E-state index contributed by atoms with van der Waals surface area (Å²) in [5.74, 6) is -2.94. The lowest BCUT2D eigenvalue weighted by atomic mass is 9.80. The number of carbonyl (C=O) groups is 2. The van der Waals surface area contributed by atoms with Gasteiger partial charge in [-0.1, -0.05) is 0 Å². The van der Waals surface area contributed by atoms with Gasteiger partial charge in [-0.15, -0.1) is 0 Å². The Kier molecular flexibility index (Phi) is 5.05. The SMILES string of the molecule is CC(C)(NC(=O)CC1CCC(C(F)(F)F)CC1)C(=O)O. The first-order valence-electron chi connectivity index (χ1n) is 6.63. The Morgan fingerprint density at radius 1 is 1.15 bits per heavy atom. The molecule has 1 aliphatic rings. The molecule has 1 aliphatic carbocycles. The summed E-state index contributed by atoms with van der Waals surface area (Å²) in [4.78, 5) is 22.6. The van der Waals surface area contributed by atoms with Gasteiger partial charge in [-0.05, 0) is 45.4 Å². The number of nitrogens with one attached hydrogen (secondary N) is 1. The van der Waals surface area contributed by atoms with Crippen LogP contribution in [0, 0.1) is 11.8 Å². The van der Waals surface area contributed by atoms with Crippen molar-refractivity contribution in [2.75, 3.05) is 0 Å². The molecule has 0 aliphatic heterocycles. The Hall–Kier alpha value is -1.27. The van der Waals surface area contributed by atoms with Gasteiger partial charge >= 0.3 is 12.1 Å². The lowest BCUT2D eigenvalue weighted by Gasteiger charge is -2.30. The smallest absolute Gasteiger partial charge is 0.391 e. The second-order valence-corrected chi connectivity index (χ2v) is 5.94. The van der Waals surface area contributed by atoms with Crippen molar-refractivity contribution in [1.82, 2.24) is 5.32 Å². The molecule has 0 aromatic heterocycles. The lowest BCUT2D eigenvalue weighted by Crippen LogP contribution is -2.50. The molecule has 0 radical (unpaired) electrons. The minimum atomic E-state index is -4.15. The van der Waals surface area contributed by atoms with E-state index in [2.05, 4.69) is 5.32 Å². The highest BCUT2D eigenvalue weighted by Crippen LogP contribution is 2.40. The maximum Gasteiger partial charge on any atom is 0.391 e. The molecule has 1 amide bonds. The van der Waals surface area contributed by atoms with Gasteiger partial charge in [-0.3, -0.25) is 4.79 Å². The molecule has 7 heteroatoms. The second-order valence-electron chi connectivity index (χ2n) is 5.94. The van der Waals surface area contributed by atoms with E-state index < -0.39 is 29.5 Å². The van der Waals surface area contributed by atoms with Crippen molar-refractivity contribution >= 4 is 11.9 Å². The van der Waals surface area contributed by atoms with Crippen molar-refractivity contribution < 1.29 is 27.9 Å². The second kappa shape index (κ2) is 6.01. The van der Waals surface area contributed by atoms with Crippen LogP contribution in [0.25, 0.3) is 0 Å². The van der Waals surface area contributed by atoms with Gasteiger partial charge in [0.25, 0.3) is 0 Å². The monoisotopic (exact) mass is 295 g/mol. The number of aliphatic carboxylic acids is 1. The number of rotatable bonds is 4. The molecule has 0 saturated heterocycles. The Morgan fingerprint density at radius 2 is 1.65 bits per heavy atom. The fraction of sp³-hybridized carbons (Fsp3) is 0.846. The lowest BCUT2D eigenvalue weighted by molar-refractivity contribution is -0.184. The number of amides is 1. The average molecular weight is 295 g/mol. The van der Waals surface area contributed by atoms with E-state index in [1.807, 2.05) is 0 Å². The van der Waals surface area contributed by atoms with Crippen LogP contribution in [0.4, 0.5) is 13.2 Å². The van der Waals surface area contributed by atoms with E-state index in [0.29, 0.717) is 12.8 Å². The number of carboxylic acid groups (broad SMARTS) is 1. The van der Waals surface area contributed by atoms with Crippen LogP contribution in [0.15, 0.2) is 0 Å². The van der Waals surface area contributed by atoms with Gasteiger partial charge in [0.2, 0.25) is 5.91 Å². The first kappa shape index (κ1) is 16.8. The van der Waals surface area contributed by atoms with E-state index in [4.69, 9.17) is 5.11 Å². The Labute approximate surface area is 115 Å². The summed E-state index contributed by atoms with van der Waals surface area (Å²) in [5.41, 5.74) is -1.36. The van der Waals surface area contributed by atoms with Gasteiger partial charge in [-0.2, -0.15) is 13.2 Å². The molecule has 0 aromatic carbocycles. The van der Waals surface area contributed by atoms with Crippen LogP contribution in [0.1, 0.15) is 46.0 Å². The molecule has 0 heterocycles. The Balaban J connectivity index is 2.41. The third kappa shape index (κ3) is 4.68. The fourth-order valence-corrected chi connectivity index (χ4v) is 2.41. The van der Waals surface area contributed by atoms with Crippen molar-refractivity contribution in [3.63, 3.8) is 0 Å². The molecule has 1 saturated carbocycles. The normalized spacial score (nSPS) is 24.2.